The second kappa shape index (κ2) is 16.6. The number of carbonyl (C=O) groups excluding carboxylic acids is 2. The molecule has 0 aliphatic carbocycles. The largest absolute Gasteiger partial charge is 0.503 e. The van der Waals surface area contributed by atoms with Crippen molar-refractivity contribution >= 4 is 11.9 Å². The number of aromatic nitrogens is 1. The zero-order chi connectivity index (χ0) is 27.1. The molecule has 0 saturated heterocycles. The maximum atomic E-state index is 12.5. The minimum atomic E-state index is -0.879. The van der Waals surface area contributed by atoms with Crippen molar-refractivity contribution in [3.05, 3.63) is 53.9 Å². The van der Waals surface area contributed by atoms with Crippen LogP contribution in [0, 0.1) is 11.8 Å². The summed E-state index contributed by atoms with van der Waals surface area (Å²) in [6.07, 6.45) is 6.08. The number of pyridine rings is 1. The first-order valence-electron chi connectivity index (χ1n) is 12.9. The molecule has 0 radical (unpaired) electrons. The third-order valence-corrected chi connectivity index (χ3v) is 5.50. The van der Waals surface area contributed by atoms with Crippen molar-refractivity contribution in [2.24, 2.45) is 11.8 Å². The molecular weight excluding hydrogens is 456 g/mol. The summed E-state index contributed by atoms with van der Waals surface area (Å²) in [4.78, 5) is 28.7. The van der Waals surface area contributed by atoms with Gasteiger partial charge < -0.3 is 19.9 Å². The summed E-state index contributed by atoms with van der Waals surface area (Å²) >= 11 is 0. The molecule has 2 aromatic rings. The molecule has 200 valence electrons. The molecule has 2 N–H and O–H groups in total. The highest BCUT2D eigenvalue weighted by Crippen LogP contribution is 2.27. The summed E-state index contributed by atoms with van der Waals surface area (Å²) in [5.41, 5.74) is 1.13. The van der Waals surface area contributed by atoms with Crippen molar-refractivity contribution in [2.75, 3.05) is 7.11 Å². The van der Waals surface area contributed by atoms with Crippen molar-refractivity contribution in [1.29, 1.82) is 0 Å². The number of aromatic hydroxyl groups is 1. The number of ether oxygens (including phenoxy) is 2. The fraction of sp³-hybridized carbons (Fsp3) is 0.552. The van der Waals surface area contributed by atoms with Crippen molar-refractivity contribution in [1.82, 2.24) is 10.3 Å². The quantitative estimate of drug-likeness (QED) is 0.350. The molecule has 1 heterocycles. The number of amides is 1. The number of hydrogen-bond acceptors (Lipinski definition) is 6. The summed E-state index contributed by atoms with van der Waals surface area (Å²) in [7, 11) is 1.38. The Bertz CT molecular complexity index is 914. The van der Waals surface area contributed by atoms with Crippen LogP contribution in [0.2, 0.25) is 0 Å². The fourth-order valence-corrected chi connectivity index (χ4v) is 3.64. The van der Waals surface area contributed by atoms with Gasteiger partial charge in [-0.05, 0) is 50.5 Å². The van der Waals surface area contributed by atoms with Crippen molar-refractivity contribution in [3.8, 4) is 11.5 Å². The van der Waals surface area contributed by atoms with Gasteiger partial charge in [0.2, 0.25) is 0 Å². The van der Waals surface area contributed by atoms with E-state index in [9.17, 15) is 14.7 Å². The van der Waals surface area contributed by atoms with Gasteiger partial charge in [-0.3, -0.25) is 4.79 Å². The van der Waals surface area contributed by atoms with Gasteiger partial charge >= 0.3 is 5.97 Å². The van der Waals surface area contributed by atoms with E-state index in [4.69, 9.17) is 9.47 Å². The van der Waals surface area contributed by atoms with Crippen LogP contribution in [0.5, 0.6) is 11.5 Å². The summed E-state index contributed by atoms with van der Waals surface area (Å²) in [6, 6.07) is 11.0. The molecule has 0 spiro atoms. The topological polar surface area (TPSA) is 97.8 Å². The van der Waals surface area contributed by atoms with Gasteiger partial charge in [-0.1, -0.05) is 70.9 Å². The number of benzene rings is 1. The Labute approximate surface area is 216 Å². The molecule has 0 aliphatic heterocycles. The van der Waals surface area contributed by atoms with Crippen LogP contribution in [0.3, 0.4) is 0 Å². The third kappa shape index (κ3) is 11.6. The van der Waals surface area contributed by atoms with E-state index < -0.39 is 17.9 Å². The fourth-order valence-electron chi connectivity index (χ4n) is 3.64. The molecule has 36 heavy (non-hydrogen) atoms. The highest BCUT2D eigenvalue weighted by Gasteiger charge is 2.24. The smallest absolute Gasteiger partial charge is 0.328 e. The Morgan fingerprint density at radius 1 is 1.06 bits per heavy atom. The van der Waals surface area contributed by atoms with Crippen LogP contribution in [0.4, 0.5) is 0 Å². The van der Waals surface area contributed by atoms with E-state index >= 15 is 0 Å². The molecule has 0 bridgehead atoms. The van der Waals surface area contributed by atoms with E-state index in [-0.39, 0.29) is 23.3 Å². The number of carbonyl (C=O) groups is 2. The van der Waals surface area contributed by atoms with Gasteiger partial charge in [0, 0.05) is 12.3 Å². The lowest BCUT2D eigenvalue weighted by molar-refractivity contribution is -0.150. The van der Waals surface area contributed by atoms with E-state index in [2.05, 4.69) is 62.3 Å². The zero-order valence-electron chi connectivity index (χ0n) is 22.9. The van der Waals surface area contributed by atoms with Crippen LogP contribution in [0.15, 0.2) is 42.6 Å². The third-order valence-electron chi connectivity index (χ3n) is 5.50. The van der Waals surface area contributed by atoms with E-state index in [0.717, 1.165) is 38.0 Å². The van der Waals surface area contributed by atoms with E-state index in [1.807, 2.05) is 13.0 Å². The van der Waals surface area contributed by atoms with Crippen LogP contribution < -0.4 is 10.1 Å². The van der Waals surface area contributed by atoms with Gasteiger partial charge in [-0.2, -0.15) is 0 Å². The monoisotopic (exact) mass is 500 g/mol. The van der Waals surface area contributed by atoms with Crippen LogP contribution in [0.1, 0.15) is 83.3 Å². The second-order valence-corrected chi connectivity index (χ2v) is 9.77. The lowest BCUT2D eigenvalue weighted by Gasteiger charge is -2.22. The van der Waals surface area contributed by atoms with E-state index in [1.54, 1.807) is 6.92 Å². The molecule has 1 aromatic carbocycles. The molecule has 1 aromatic heterocycles. The van der Waals surface area contributed by atoms with Crippen LogP contribution >= 0.6 is 0 Å². The lowest BCUT2D eigenvalue weighted by Crippen LogP contribution is -2.41. The van der Waals surface area contributed by atoms with Crippen molar-refractivity contribution < 1.29 is 24.2 Å². The van der Waals surface area contributed by atoms with Gasteiger partial charge in [0.25, 0.3) is 5.91 Å². The van der Waals surface area contributed by atoms with Gasteiger partial charge in [-0.15, -0.1) is 0 Å². The number of nitrogens with zero attached hydrogens (tertiary/aromatic N) is 1. The Morgan fingerprint density at radius 3 is 2.28 bits per heavy atom. The Kier molecular flexibility index (Phi) is 14.2. The number of nitrogens with one attached hydrogen (secondary N) is 1. The standard InChI is InChI=1S/C25H34N2O5.C4H10/c1-5-19(12-9-13-20-10-7-6-8-11-20)16-17(2)32-25(30)18(3)27-24(29)22-23(28)21(31-4)14-15-26-22;1-4(2)3/h6-8,10-11,14-15,17-19,28H,5,9,12-13,16H2,1-4H3,(H,27,29);4H,1-3H3. The number of aryl methyl sites for hydroxylation is 1. The van der Waals surface area contributed by atoms with Gasteiger partial charge in [0.05, 0.1) is 13.2 Å². The van der Waals surface area contributed by atoms with Crippen molar-refractivity contribution in [2.45, 2.75) is 85.8 Å². The molecule has 0 saturated carbocycles. The predicted octanol–water partition coefficient (Wildman–Crippen LogP) is 5.95. The van der Waals surface area contributed by atoms with Gasteiger partial charge in [0.1, 0.15) is 6.04 Å². The second-order valence-electron chi connectivity index (χ2n) is 9.77. The molecule has 0 fully saturated rings. The van der Waals surface area contributed by atoms with E-state index in [1.165, 1.54) is 24.9 Å². The van der Waals surface area contributed by atoms with Gasteiger partial charge in [0.15, 0.2) is 17.2 Å². The summed E-state index contributed by atoms with van der Waals surface area (Å²) in [5.74, 6) is -0.142. The minimum absolute atomic E-state index is 0.131. The van der Waals surface area contributed by atoms with E-state index in [0.29, 0.717) is 5.92 Å². The van der Waals surface area contributed by atoms with Crippen LogP contribution in [0.25, 0.3) is 0 Å². The van der Waals surface area contributed by atoms with Crippen molar-refractivity contribution in [3.63, 3.8) is 0 Å². The Morgan fingerprint density at radius 2 is 1.69 bits per heavy atom. The summed E-state index contributed by atoms with van der Waals surface area (Å²) < 4.78 is 10.5. The molecule has 1 amide bonds. The molecule has 2 rings (SSSR count). The lowest BCUT2D eigenvalue weighted by atomic mass is 9.92. The first-order chi connectivity index (χ1) is 17.1. The molecule has 3 unspecified atom stereocenters. The summed E-state index contributed by atoms with van der Waals surface area (Å²) in [6.45, 7) is 12.1. The number of rotatable bonds is 12. The molecule has 7 nitrogen and oxygen atoms in total. The first-order valence-corrected chi connectivity index (χ1v) is 12.9. The normalized spacial score (nSPS) is 13.1. The Hall–Kier alpha value is -3.09. The first kappa shape index (κ1) is 30.9. The van der Waals surface area contributed by atoms with Crippen LogP contribution in [-0.4, -0.2) is 41.2 Å². The van der Waals surface area contributed by atoms with Gasteiger partial charge in [-0.25, -0.2) is 9.78 Å². The predicted molar refractivity (Wildman–Crippen MR) is 143 cm³/mol. The molecule has 7 heteroatoms. The molecule has 0 aliphatic rings. The number of hydrogen-bond donors (Lipinski definition) is 2. The summed E-state index contributed by atoms with van der Waals surface area (Å²) in [5, 5.41) is 12.6. The SMILES string of the molecule is CC(C)C.CCC(CCCc1ccccc1)CC(C)OC(=O)C(C)NC(=O)c1nccc(OC)c1O. The Balaban J connectivity index is 0.00000150. The highest BCUT2D eigenvalue weighted by atomic mass is 16.5. The highest BCUT2D eigenvalue weighted by molar-refractivity contribution is 5.97. The zero-order valence-corrected chi connectivity index (χ0v) is 22.9. The number of esters is 1. The molecule has 3 atom stereocenters. The van der Waals surface area contributed by atoms with Crippen LogP contribution in [-0.2, 0) is 16.0 Å². The molecular formula is C29H44N2O5. The minimum Gasteiger partial charge on any atom is -0.503 e. The average Bonchev–Trinajstić information content (AvgIpc) is 2.83. The number of methoxy groups -OCH3 is 1. The average molecular weight is 501 g/mol. The maximum Gasteiger partial charge on any atom is 0.328 e. The maximum absolute atomic E-state index is 12.5.